The van der Waals surface area contributed by atoms with Gasteiger partial charge in [0.1, 0.15) is 0 Å². The molecular weight excluding hydrogens is 184 g/mol. The van der Waals surface area contributed by atoms with Crippen LogP contribution in [0.2, 0.25) is 0 Å². The Morgan fingerprint density at radius 2 is 2.43 bits per heavy atom. The second-order valence-corrected chi connectivity index (χ2v) is 3.23. The second-order valence-electron chi connectivity index (χ2n) is 3.23. The molecule has 0 amide bonds. The number of nitrogens with two attached hydrogens (primary N) is 1. The summed E-state index contributed by atoms with van der Waals surface area (Å²) in [6.07, 6.45) is 2.57. The third-order valence-corrected chi connectivity index (χ3v) is 2.34. The van der Waals surface area contributed by atoms with Crippen molar-refractivity contribution >= 4 is 11.5 Å². The van der Waals surface area contributed by atoms with Crippen molar-refractivity contribution in [3.05, 3.63) is 27.9 Å². The third-order valence-electron chi connectivity index (χ3n) is 2.34. The molecule has 1 aromatic rings. The highest BCUT2D eigenvalue weighted by Crippen LogP contribution is 2.27. The van der Waals surface area contributed by atoms with Gasteiger partial charge in [-0.15, -0.1) is 0 Å². The molecule has 6 nitrogen and oxygen atoms in total. The number of nitro groups is 1. The van der Waals surface area contributed by atoms with E-state index in [9.17, 15) is 10.1 Å². The number of nitrogen functional groups attached to an aromatic ring is 1. The van der Waals surface area contributed by atoms with E-state index in [0.717, 1.165) is 18.5 Å². The summed E-state index contributed by atoms with van der Waals surface area (Å²) in [6, 6.07) is 1.68. The van der Waals surface area contributed by atoms with Gasteiger partial charge < -0.3 is 11.1 Å². The lowest BCUT2D eigenvalue weighted by atomic mass is 9.99. The zero-order chi connectivity index (χ0) is 10.1. The van der Waals surface area contributed by atoms with Crippen molar-refractivity contribution in [3.63, 3.8) is 0 Å². The summed E-state index contributed by atoms with van der Waals surface area (Å²) < 4.78 is 0. The summed E-state index contributed by atoms with van der Waals surface area (Å²) in [4.78, 5) is 13.9. The van der Waals surface area contributed by atoms with Gasteiger partial charge in [-0.3, -0.25) is 10.1 Å². The Labute approximate surface area is 80.3 Å². The lowest BCUT2D eigenvalue weighted by Crippen LogP contribution is -2.35. The highest BCUT2D eigenvalue weighted by atomic mass is 16.6. The van der Waals surface area contributed by atoms with Gasteiger partial charge in [0.15, 0.2) is 0 Å². The molecule has 1 aliphatic rings. The monoisotopic (exact) mass is 194 g/mol. The summed E-state index contributed by atoms with van der Waals surface area (Å²) in [5, 5.41) is 13.7. The van der Waals surface area contributed by atoms with Gasteiger partial charge in [0, 0.05) is 18.3 Å². The van der Waals surface area contributed by atoms with Crippen LogP contribution in [0, 0.1) is 10.1 Å². The zero-order valence-corrected chi connectivity index (χ0v) is 7.43. The molecule has 0 aliphatic carbocycles. The molecule has 1 unspecified atom stereocenters. The van der Waals surface area contributed by atoms with Gasteiger partial charge in [-0.2, -0.15) is 0 Å². The van der Waals surface area contributed by atoms with Crippen LogP contribution in [0.25, 0.3) is 0 Å². The molecular formula is C8H10N4O2. The van der Waals surface area contributed by atoms with Crippen molar-refractivity contribution in [1.29, 1.82) is 0 Å². The molecule has 0 saturated carbocycles. The van der Waals surface area contributed by atoms with Gasteiger partial charge in [-0.05, 0) is 18.5 Å². The predicted octanol–water partition coefficient (Wildman–Crippen LogP) is 0.606. The number of nitrogens with one attached hydrogen (secondary N) is 1. The maximum atomic E-state index is 10.6. The zero-order valence-electron chi connectivity index (χ0n) is 7.43. The maximum absolute atomic E-state index is 10.6. The predicted molar refractivity (Wildman–Crippen MR) is 50.7 cm³/mol. The summed E-state index contributed by atoms with van der Waals surface area (Å²) in [5.41, 5.74) is 6.09. The van der Waals surface area contributed by atoms with Gasteiger partial charge in [0.25, 0.3) is 0 Å². The van der Waals surface area contributed by atoms with Gasteiger partial charge in [0.05, 0.1) is 4.92 Å². The largest absolute Gasteiger partial charge is 0.378 e. The van der Waals surface area contributed by atoms with E-state index in [1.165, 1.54) is 6.07 Å². The standard InChI is InChI=1S/C8H10N4O2/c9-8-7(12(13)14)3-5(4-11-8)6-1-2-10-6/h3-4,6,10H,1-2H2,(H2,9,11). The highest BCUT2D eigenvalue weighted by molar-refractivity contribution is 5.53. The highest BCUT2D eigenvalue weighted by Gasteiger charge is 2.22. The first kappa shape index (κ1) is 8.89. The first-order chi connectivity index (χ1) is 6.68. The minimum atomic E-state index is -0.509. The molecule has 1 atom stereocenters. The molecule has 2 rings (SSSR count). The van der Waals surface area contributed by atoms with Crippen LogP contribution in [0.5, 0.6) is 0 Å². The lowest BCUT2D eigenvalue weighted by molar-refractivity contribution is -0.384. The van der Waals surface area contributed by atoms with Crippen LogP contribution in [0.1, 0.15) is 18.0 Å². The molecule has 1 aliphatic heterocycles. The van der Waals surface area contributed by atoms with Crippen molar-refractivity contribution in [2.24, 2.45) is 0 Å². The molecule has 0 aromatic carbocycles. The van der Waals surface area contributed by atoms with E-state index >= 15 is 0 Å². The number of nitrogens with zero attached hydrogens (tertiary/aromatic N) is 2. The Balaban J connectivity index is 2.34. The third kappa shape index (κ3) is 1.39. The quantitative estimate of drug-likeness (QED) is 0.531. The number of anilines is 1. The first-order valence-electron chi connectivity index (χ1n) is 4.31. The van der Waals surface area contributed by atoms with Crippen molar-refractivity contribution < 1.29 is 4.92 Å². The number of aromatic nitrogens is 1. The van der Waals surface area contributed by atoms with Crippen LogP contribution < -0.4 is 11.1 Å². The summed E-state index contributed by atoms with van der Waals surface area (Å²) in [5.74, 6) is -0.0296. The van der Waals surface area contributed by atoms with E-state index in [0.29, 0.717) is 0 Å². The molecule has 0 spiro atoms. The summed E-state index contributed by atoms with van der Waals surface area (Å²) in [7, 11) is 0. The molecule has 1 saturated heterocycles. The van der Waals surface area contributed by atoms with E-state index in [1.807, 2.05) is 0 Å². The number of hydrogen-bond donors (Lipinski definition) is 2. The van der Waals surface area contributed by atoms with E-state index in [2.05, 4.69) is 10.3 Å². The van der Waals surface area contributed by atoms with E-state index < -0.39 is 4.92 Å². The van der Waals surface area contributed by atoms with Crippen molar-refractivity contribution in [2.45, 2.75) is 12.5 Å². The van der Waals surface area contributed by atoms with E-state index in [1.54, 1.807) is 6.20 Å². The van der Waals surface area contributed by atoms with Crippen LogP contribution in [0.15, 0.2) is 12.3 Å². The van der Waals surface area contributed by atoms with Crippen molar-refractivity contribution in [3.8, 4) is 0 Å². The van der Waals surface area contributed by atoms with Crippen LogP contribution in [0.3, 0.4) is 0 Å². The number of pyridine rings is 1. The second kappa shape index (κ2) is 3.22. The van der Waals surface area contributed by atoms with Crippen LogP contribution in [0.4, 0.5) is 11.5 Å². The Kier molecular flexibility index (Phi) is 2.05. The fourth-order valence-corrected chi connectivity index (χ4v) is 1.39. The Hall–Kier alpha value is -1.69. The average Bonchev–Trinajstić information content (AvgIpc) is 2.04. The first-order valence-corrected chi connectivity index (χ1v) is 4.31. The Bertz CT molecular complexity index is 376. The maximum Gasteiger partial charge on any atom is 0.311 e. The minimum absolute atomic E-state index is 0.0296. The molecule has 0 radical (unpaired) electrons. The van der Waals surface area contributed by atoms with Crippen molar-refractivity contribution in [1.82, 2.24) is 10.3 Å². The molecule has 74 valence electrons. The SMILES string of the molecule is Nc1ncc(C2CCN2)cc1[N+](=O)[O-]. The van der Waals surface area contributed by atoms with Crippen LogP contribution in [-0.4, -0.2) is 16.5 Å². The fraction of sp³-hybridized carbons (Fsp3) is 0.375. The van der Waals surface area contributed by atoms with Gasteiger partial charge in [-0.25, -0.2) is 4.98 Å². The summed E-state index contributed by atoms with van der Waals surface area (Å²) in [6.45, 7) is 0.947. The molecule has 0 bridgehead atoms. The summed E-state index contributed by atoms with van der Waals surface area (Å²) >= 11 is 0. The van der Waals surface area contributed by atoms with Crippen molar-refractivity contribution in [2.75, 3.05) is 12.3 Å². The normalized spacial score (nSPS) is 20.1. The molecule has 6 heteroatoms. The molecule has 3 N–H and O–H groups in total. The lowest BCUT2D eigenvalue weighted by Gasteiger charge is -2.27. The van der Waals surface area contributed by atoms with E-state index in [-0.39, 0.29) is 17.5 Å². The molecule has 1 aromatic heterocycles. The smallest absolute Gasteiger partial charge is 0.311 e. The van der Waals surface area contributed by atoms with Gasteiger partial charge in [-0.1, -0.05) is 0 Å². The van der Waals surface area contributed by atoms with Crippen LogP contribution in [-0.2, 0) is 0 Å². The number of hydrogen-bond acceptors (Lipinski definition) is 5. The number of rotatable bonds is 2. The fourth-order valence-electron chi connectivity index (χ4n) is 1.39. The molecule has 2 heterocycles. The molecule has 1 fully saturated rings. The Morgan fingerprint density at radius 3 is 2.93 bits per heavy atom. The van der Waals surface area contributed by atoms with Crippen LogP contribution >= 0.6 is 0 Å². The Morgan fingerprint density at radius 1 is 1.71 bits per heavy atom. The van der Waals surface area contributed by atoms with E-state index in [4.69, 9.17) is 5.73 Å². The molecule has 14 heavy (non-hydrogen) atoms. The van der Waals surface area contributed by atoms with Gasteiger partial charge in [0.2, 0.25) is 5.82 Å². The average molecular weight is 194 g/mol. The van der Waals surface area contributed by atoms with Gasteiger partial charge >= 0.3 is 5.69 Å². The minimum Gasteiger partial charge on any atom is -0.378 e. The topological polar surface area (TPSA) is 94.1 Å².